The van der Waals surface area contributed by atoms with Gasteiger partial charge in [0.2, 0.25) is 0 Å². The van der Waals surface area contributed by atoms with Crippen molar-refractivity contribution in [2.24, 2.45) is 5.92 Å². The van der Waals surface area contributed by atoms with Crippen LogP contribution in [0.3, 0.4) is 0 Å². The van der Waals surface area contributed by atoms with E-state index in [2.05, 4.69) is 6.92 Å². The zero-order chi connectivity index (χ0) is 15.3. The molecule has 1 aliphatic heterocycles. The van der Waals surface area contributed by atoms with E-state index in [4.69, 9.17) is 4.74 Å². The molecule has 22 heavy (non-hydrogen) atoms. The van der Waals surface area contributed by atoms with E-state index in [1.165, 1.54) is 44.9 Å². The third-order valence-corrected chi connectivity index (χ3v) is 6.64. The summed E-state index contributed by atoms with van der Waals surface area (Å²) in [5, 5.41) is -0.792. The van der Waals surface area contributed by atoms with Crippen LogP contribution in [0.5, 0.6) is 0 Å². The van der Waals surface area contributed by atoms with Gasteiger partial charge in [-0.1, -0.05) is 51.9 Å². The molecule has 124 valence electrons. The van der Waals surface area contributed by atoms with Crippen molar-refractivity contribution in [2.45, 2.75) is 88.4 Å². The van der Waals surface area contributed by atoms with Crippen molar-refractivity contribution in [3.63, 3.8) is 0 Å². The molecule has 1 spiro atoms. The van der Waals surface area contributed by atoms with E-state index in [0.717, 1.165) is 25.7 Å². The van der Waals surface area contributed by atoms with Gasteiger partial charge in [0.25, 0.3) is 0 Å². The molecule has 1 saturated heterocycles. The summed E-state index contributed by atoms with van der Waals surface area (Å²) in [6, 6.07) is 0. The molecule has 0 radical (unpaired) electrons. The maximum atomic E-state index is 11.2. The molecule has 0 bridgehead atoms. The number of hydrogen-bond acceptors (Lipinski definition) is 4. The molecule has 0 N–H and O–H groups in total. The number of unbranched alkanes of at least 4 members (excludes halogenated alkanes) is 5. The van der Waals surface area contributed by atoms with E-state index in [1.807, 2.05) is 0 Å². The Balaban J connectivity index is 0.00000242. The first-order valence-corrected chi connectivity index (χ1v) is 10.0. The minimum absolute atomic E-state index is 0. The summed E-state index contributed by atoms with van der Waals surface area (Å²) in [5.41, 5.74) is -0.627. The fourth-order valence-electron chi connectivity index (χ4n) is 3.87. The second kappa shape index (κ2) is 9.38. The molecule has 1 saturated carbocycles. The topological polar surface area (TPSA) is 66.4 Å². The molecule has 4 nitrogen and oxygen atoms in total. The van der Waals surface area contributed by atoms with Crippen molar-refractivity contribution in [3.05, 3.63) is 0 Å². The van der Waals surface area contributed by atoms with Gasteiger partial charge in [-0.25, -0.2) is 8.42 Å². The van der Waals surface area contributed by atoms with Crippen LogP contribution in [0.25, 0.3) is 0 Å². The molecule has 1 unspecified atom stereocenters. The Morgan fingerprint density at radius 3 is 2.18 bits per heavy atom. The van der Waals surface area contributed by atoms with Crippen LogP contribution in [0.2, 0.25) is 0 Å². The summed E-state index contributed by atoms with van der Waals surface area (Å²) < 4.78 is 39.2. The Morgan fingerprint density at radius 1 is 1.09 bits per heavy atom. The van der Waals surface area contributed by atoms with Crippen LogP contribution in [0.4, 0.5) is 0 Å². The summed E-state index contributed by atoms with van der Waals surface area (Å²) in [6.45, 7) is 2.34. The third-order valence-electron chi connectivity index (χ3n) is 5.37. The van der Waals surface area contributed by atoms with Crippen LogP contribution in [-0.2, 0) is 14.9 Å². The zero-order valence-electron chi connectivity index (χ0n) is 14.2. The predicted octanol–water partition coefficient (Wildman–Crippen LogP) is 0.614. The normalized spacial score (nSPS) is 31.5. The van der Waals surface area contributed by atoms with Crippen LogP contribution >= 0.6 is 0 Å². The van der Waals surface area contributed by atoms with Crippen molar-refractivity contribution in [3.8, 4) is 0 Å². The fraction of sp³-hybridized carbons (Fsp3) is 1.00. The Bertz CT molecular complexity index is 416. The van der Waals surface area contributed by atoms with Gasteiger partial charge in [-0.3, -0.25) is 0 Å². The molecule has 0 amide bonds. The van der Waals surface area contributed by atoms with Gasteiger partial charge in [0.05, 0.1) is 12.2 Å². The first-order valence-electron chi connectivity index (χ1n) is 8.56. The monoisotopic (exact) mass is 340 g/mol. The Morgan fingerprint density at radius 2 is 1.68 bits per heavy atom. The molecular weight excluding hydrogens is 311 g/mol. The Labute approximate surface area is 157 Å². The molecule has 1 atom stereocenters. The summed E-state index contributed by atoms with van der Waals surface area (Å²) in [4.78, 5) is 0. The maximum Gasteiger partial charge on any atom is 1.00 e. The molecule has 0 aromatic heterocycles. The minimum Gasteiger partial charge on any atom is -0.748 e. The van der Waals surface area contributed by atoms with Crippen LogP contribution in [0.1, 0.15) is 77.6 Å². The van der Waals surface area contributed by atoms with Gasteiger partial charge in [0.1, 0.15) is 15.4 Å². The van der Waals surface area contributed by atoms with E-state index in [1.54, 1.807) is 0 Å². The van der Waals surface area contributed by atoms with Gasteiger partial charge in [0.15, 0.2) is 0 Å². The second-order valence-corrected chi connectivity index (χ2v) is 8.41. The maximum absolute atomic E-state index is 11.2. The first kappa shape index (κ1) is 20.9. The van der Waals surface area contributed by atoms with Crippen LogP contribution in [0.15, 0.2) is 0 Å². The van der Waals surface area contributed by atoms with Crippen LogP contribution in [-0.4, -0.2) is 30.4 Å². The van der Waals surface area contributed by atoms with E-state index < -0.39 is 21.0 Å². The second-order valence-electron chi connectivity index (χ2n) is 6.86. The summed E-state index contributed by atoms with van der Waals surface area (Å²) >= 11 is 0. The van der Waals surface area contributed by atoms with Crippen LogP contribution in [0, 0.1) is 5.92 Å². The van der Waals surface area contributed by atoms with Gasteiger partial charge in [0, 0.05) is 0 Å². The summed E-state index contributed by atoms with van der Waals surface area (Å²) in [5.74, 6) is 0.695. The van der Waals surface area contributed by atoms with Crippen molar-refractivity contribution in [1.82, 2.24) is 0 Å². The van der Waals surface area contributed by atoms with Crippen molar-refractivity contribution in [1.29, 1.82) is 0 Å². The Kier molecular flexibility index (Phi) is 8.92. The summed E-state index contributed by atoms with van der Waals surface area (Å²) in [7, 11) is -4.20. The molecule has 1 heterocycles. The number of ether oxygens (including phenoxy) is 1. The largest absolute Gasteiger partial charge is 1.00 e. The number of hydrogen-bond donors (Lipinski definition) is 0. The Hall–Kier alpha value is 0.870. The molecule has 0 aromatic rings. The molecular formula is C16H29NaO4S. The molecule has 6 heteroatoms. The van der Waals surface area contributed by atoms with Gasteiger partial charge in [-0.15, -0.1) is 0 Å². The third kappa shape index (κ3) is 5.45. The standard InChI is InChI=1S/C16H30O4S.Na/c1-2-3-4-5-6-7-8-14-9-11-16(12-10-14)15(13-20-16)21(17,18)19;/h14-15H,2-13H2,1H3,(H,17,18,19);/q;+1/p-1. The predicted molar refractivity (Wildman–Crippen MR) is 82.1 cm³/mol. The van der Waals surface area contributed by atoms with Crippen LogP contribution < -0.4 is 29.6 Å². The fourth-order valence-corrected chi connectivity index (χ4v) is 4.93. The van der Waals surface area contributed by atoms with Gasteiger partial charge >= 0.3 is 29.6 Å². The number of rotatable bonds is 8. The van der Waals surface area contributed by atoms with Gasteiger partial charge in [-0.05, 0) is 31.6 Å². The van der Waals surface area contributed by atoms with Gasteiger partial charge in [-0.2, -0.15) is 0 Å². The summed E-state index contributed by atoms with van der Waals surface area (Å²) in [6.07, 6.45) is 12.7. The average molecular weight is 340 g/mol. The zero-order valence-corrected chi connectivity index (χ0v) is 17.0. The van der Waals surface area contributed by atoms with Crippen molar-refractivity contribution < 1.29 is 47.3 Å². The molecule has 0 aromatic carbocycles. The minimum atomic E-state index is -4.20. The molecule has 2 fully saturated rings. The molecule has 1 aliphatic carbocycles. The molecule has 2 aliphatic rings. The van der Waals surface area contributed by atoms with Gasteiger partial charge < -0.3 is 9.29 Å². The average Bonchev–Trinajstić information content (AvgIpc) is 2.40. The van der Waals surface area contributed by atoms with E-state index >= 15 is 0 Å². The SMILES string of the molecule is CCCCCCCCC1CCC2(CC1)OCC2S(=O)(=O)[O-].[Na+]. The van der Waals surface area contributed by atoms with E-state index in [0.29, 0.717) is 5.92 Å². The van der Waals surface area contributed by atoms with E-state index in [-0.39, 0.29) is 36.2 Å². The van der Waals surface area contributed by atoms with Crippen molar-refractivity contribution >= 4 is 10.1 Å². The quantitative estimate of drug-likeness (QED) is 0.369. The smallest absolute Gasteiger partial charge is 0.748 e. The van der Waals surface area contributed by atoms with Crippen molar-refractivity contribution in [2.75, 3.05) is 6.61 Å². The molecule has 2 rings (SSSR count). The van der Waals surface area contributed by atoms with E-state index in [9.17, 15) is 13.0 Å². The first-order chi connectivity index (χ1) is 9.98.